The molecule has 4 aliphatic rings. The van der Waals surface area contributed by atoms with Gasteiger partial charge in [-0.1, -0.05) is 27.2 Å². The predicted octanol–water partition coefficient (Wildman–Crippen LogP) is 3.96. The standard InChI is InChI=1S/C24H38O6/c1-14(25)30-19-12-18-22(2,3)10-7-11-23(18,4)17-9-8-15(20(26)27-5)16-13-29-21(28-6)24(16,17)19/h15-19,21H,7-13H2,1-6H3/t15-,16-,17?,18?,19-,21?,23-,24-/m1/s1. The average Bonchev–Trinajstić information content (AvgIpc) is 3.07. The molecule has 1 heterocycles. The maximum atomic E-state index is 12.7. The summed E-state index contributed by atoms with van der Waals surface area (Å²) in [4.78, 5) is 25.0. The summed E-state index contributed by atoms with van der Waals surface area (Å²) < 4.78 is 23.4. The third-order valence-electron chi connectivity index (χ3n) is 9.44. The molecule has 0 amide bonds. The van der Waals surface area contributed by atoms with E-state index in [1.165, 1.54) is 26.9 Å². The Hall–Kier alpha value is -1.14. The van der Waals surface area contributed by atoms with Crippen LogP contribution in [0.3, 0.4) is 0 Å². The van der Waals surface area contributed by atoms with Gasteiger partial charge in [-0.15, -0.1) is 0 Å². The van der Waals surface area contributed by atoms with Crippen LogP contribution in [-0.2, 0) is 28.5 Å². The lowest BCUT2D eigenvalue weighted by atomic mass is 9.37. The number of esters is 2. The van der Waals surface area contributed by atoms with Crippen LogP contribution >= 0.6 is 0 Å². The normalized spacial score (nSPS) is 46.9. The van der Waals surface area contributed by atoms with Gasteiger partial charge in [0.05, 0.1) is 25.0 Å². The zero-order valence-corrected chi connectivity index (χ0v) is 19.4. The zero-order chi connectivity index (χ0) is 21.9. The molecule has 8 atom stereocenters. The Bertz CT molecular complexity index is 704. The number of carbonyl (C=O) groups excluding carboxylic acids is 2. The van der Waals surface area contributed by atoms with Crippen molar-refractivity contribution in [1.82, 2.24) is 0 Å². The number of fused-ring (bicyclic) bond motifs is 2. The number of hydrogen-bond donors (Lipinski definition) is 0. The van der Waals surface area contributed by atoms with E-state index in [0.717, 1.165) is 25.7 Å². The Morgan fingerprint density at radius 1 is 1.03 bits per heavy atom. The van der Waals surface area contributed by atoms with E-state index < -0.39 is 11.7 Å². The lowest BCUT2D eigenvalue weighted by molar-refractivity contribution is -0.280. The second-order valence-electron chi connectivity index (χ2n) is 11.0. The first kappa shape index (κ1) is 22.1. The van der Waals surface area contributed by atoms with E-state index in [4.69, 9.17) is 18.9 Å². The fourth-order valence-corrected chi connectivity index (χ4v) is 8.50. The van der Waals surface area contributed by atoms with Crippen LogP contribution < -0.4 is 0 Å². The van der Waals surface area contributed by atoms with Crippen LogP contribution in [-0.4, -0.2) is 45.2 Å². The maximum absolute atomic E-state index is 12.7. The molecular formula is C24H38O6. The molecule has 6 heteroatoms. The molecule has 0 aromatic rings. The molecule has 30 heavy (non-hydrogen) atoms. The van der Waals surface area contributed by atoms with E-state index in [1.807, 2.05) is 0 Å². The number of methoxy groups -OCH3 is 2. The fourth-order valence-electron chi connectivity index (χ4n) is 8.50. The summed E-state index contributed by atoms with van der Waals surface area (Å²) >= 11 is 0. The van der Waals surface area contributed by atoms with Gasteiger partial charge in [-0.2, -0.15) is 0 Å². The van der Waals surface area contributed by atoms with E-state index in [-0.39, 0.29) is 46.6 Å². The Labute approximate surface area is 180 Å². The number of rotatable bonds is 3. The van der Waals surface area contributed by atoms with Crippen molar-refractivity contribution >= 4 is 11.9 Å². The molecule has 0 radical (unpaired) electrons. The van der Waals surface area contributed by atoms with Crippen molar-refractivity contribution in [2.24, 2.45) is 39.9 Å². The minimum atomic E-state index is -0.518. The van der Waals surface area contributed by atoms with Crippen molar-refractivity contribution in [3.63, 3.8) is 0 Å². The van der Waals surface area contributed by atoms with Gasteiger partial charge in [-0.05, 0) is 54.8 Å². The zero-order valence-electron chi connectivity index (χ0n) is 19.4. The first-order valence-electron chi connectivity index (χ1n) is 11.5. The molecule has 1 saturated heterocycles. The maximum Gasteiger partial charge on any atom is 0.309 e. The Kier molecular flexibility index (Phi) is 5.50. The molecule has 3 unspecified atom stereocenters. The van der Waals surface area contributed by atoms with Crippen molar-refractivity contribution in [2.75, 3.05) is 20.8 Å². The van der Waals surface area contributed by atoms with E-state index in [9.17, 15) is 9.59 Å². The van der Waals surface area contributed by atoms with Crippen LogP contribution in [0.15, 0.2) is 0 Å². The molecule has 0 N–H and O–H groups in total. The van der Waals surface area contributed by atoms with Gasteiger partial charge < -0.3 is 18.9 Å². The van der Waals surface area contributed by atoms with Crippen molar-refractivity contribution in [3.05, 3.63) is 0 Å². The molecule has 3 saturated carbocycles. The molecule has 0 bridgehead atoms. The van der Waals surface area contributed by atoms with Crippen LogP contribution in [0.2, 0.25) is 0 Å². The lowest BCUT2D eigenvalue weighted by Crippen LogP contribution is -2.68. The van der Waals surface area contributed by atoms with Crippen LogP contribution in [0.1, 0.15) is 66.2 Å². The number of carbonyl (C=O) groups is 2. The highest BCUT2D eigenvalue weighted by molar-refractivity contribution is 5.73. The fraction of sp³-hybridized carbons (Fsp3) is 0.917. The Morgan fingerprint density at radius 2 is 1.77 bits per heavy atom. The SMILES string of the molecule is COC(=O)[C@@H]1CCC2[C@@]3(C)CCCC(C)(C)C3C[C@@H](OC(C)=O)[C@]23C(OC)OC[C@H]13. The van der Waals surface area contributed by atoms with Gasteiger partial charge in [0, 0.05) is 20.0 Å². The minimum absolute atomic E-state index is 0.0687. The topological polar surface area (TPSA) is 71.1 Å². The molecule has 1 spiro atoms. The van der Waals surface area contributed by atoms with Crippen LogP contribution in [0.25, 0.3) is 0 Å². The summed E-state index contributed by atoms with van der Waals surface area (Å²) in [6.45, 7) is 9.10. The van der Waals surface area contributed by atoms with Gasteiger partial charge >= 0.3 is 11.9 Å². The van der Waals surface area contributed by atoms with Gasteiger partial charge in [-0.3, -0.25) is 9.59 Å². The second kappa shape index (κ2) is 7.47. The summed E-state index contributed by atoms with van der Waals surface area (Å²) in [5.41, 5.74) is -0.234. The van der Waals surface area contributed by atoms with Gasteiger partial charge in [0.25, 0.3) is 0 Å². The molecular weight excluding hydrogens is 384 g/mol. The first-order chi connectivity index (χ1) is 14.1. The van der Waals surface area contributed by atoms with Crippen molar-refractivity contribution < 1.29 is 28.5 Å². The molecule has 1 aliphatic heterocycles. The van der Waals surface area contributed by atoms with E-state index in [0.29, 0.717) is 12.5 Å². The first-order valence-corrected chi connectivity index (χ1v) is 11.5. The van der Waals surface area contributed by atoms with Gasteiger partial charge in [0.15, 0.2) is 6.29 Å². The number of ether oxygens (including phenoxy) is 4. The molecule has 4 rings (SSSR count). The van der Waals surface area contributed by atoms with Crippen molar-refractivity contribution in [2.45, 2.75) is 78.6 Å². The molecule has 4 fully saturated rings. The van der Waals surface area contributed by atoms with Crippen molar-refractivity contribution in [1.29, 1.82) is 0 Å². The van der Waals surface area contributed by atoms with Gasteiger partial charge in [0.2, 0.25) is 0 Å². The summed E-state index contributed by atoms with van der Waals surface area (Å²) in [7, 11) is 3.13. The quantitative estimate of drug-likeness (QED) is 0.641. The monoisotopic (exact) mass is 422 g/mol. The van der Waals surface area contributed by atoms with E-state index >= 15 is 0 Å². The van der Waals surface area contributed by atoms with Gasteiger partial charge in [0.1, 0.15) is 6.10 Å². The average molecular weight is 423 g/mol. The highest BCUT2D eigenvalue weighted by Crippen LogP contribution is 2.72. The third kappa shape index (κ3) is 2.89. The minimum Gasteiger partial charge on any atom is -0.469 e. The summed E-state index contributed by atoms with van der Waals surface area (Å²) in [5.74, 6) is -0.0535. The second-order valence-corrected chi connectivity index (χ2v) is 11.0. The highest BCUT2D eigenvalue weighted by atomic mass is 16.7. The summed E-state index contributed by atoms with van der Waals surface area (Å²) in [5, 5.41) is 0. The molecule has 6 nitrogen and oxygen atoms in total. The predicted molar refractivity (Wildman–Crippen MR) is 110 cm³/mol. The molecule has 0 aromatic heterocycles. The van der Waals surface area contributed by atoms with Crippen LogP contribution in [0.5, 0.6) is 0 Å². The Morgan fingerprint density at radius 3 is 2.40 bits per heavy atom. The summed E-state index contributed by atoms with van der Waals surface area (Å²) in [6, 6.07) is 0. The van der Waals surface area contributed by atoms with Gasteiger partial charge in [-0.25, -0.2) is 0 Å². The number of hydrogen-bond acceptors (Lipinski definition) is 6. The highest BCUT2D eigenvalue weighted by Gasteiger charge is 2.74. The van der Waals surface area contributed by atoms with Crippen LogP contribution in [0, 0.1) is 39.9 Å². The largest absolute Gasteiger partial charge is 0.469 e. The smallest absolute Gasteiger partial charge is 0.309 e. The van der Waals surface area contributed by atoms with E-state index in [1.54, 1.807) is 7.11 Å². The summed E-state index contributed by atoms with van der Waals surface area (Å²) in [6.07, 6.45) is 5.25. The third-order valence-corrected chi connectivity index (χ3v) is 9.44. The molecule has 0 aromatic carbocycles. The van der Waals surface area contributed by atoms with E-state index in [2.05, 4.69) is 20.8 Å². The Balaban J connectivity index is 1.88. The lowest BCUT2D eigenvalue weighted by Gasteiger charge is -2.67. The molecule has 3 aliphatic carbocycles. The molecule has 170 valence electrons. The van der Waals surface area contributed by atoms with Crippen LogP contribution in [0.4, 0.5) is 0 Å². The van der Waals surface area contributed by atoms with Crippen molar-refractivity contribution in [3.8, 4) is 0 Å².